The fraction of sp³-hybridized carbons (Fsp3) is 0.0769. The molecule has 1 amide bonds. The molecular formula is C26H19Cl3N2O3. The summed E-state index contributed by atoms with van der Waals surface area (Å²) in [7, 11) is 0. The van der Waals surface area contributed by atoms with Crippen LogP contribution in [0.1, 0.15) is 11.1 Å². The Bertz CT molecular complexity index is 1340. The van der Waals surface area contributed by atoms with Crippen LogP contribution >= 0.6 is 34.8 Å². The number of ether oxygens (including phenoxy) is 2. The molecule has 0 aliphatic heterocycles. The lowest BCUT2D eigenvalue weighted by atomic mass is 10.0. The van der Waals surface area contributed by atoms with Crippen LogP contribution in [0.3, 0.4) is 0 Å². The Kier molecular flexibility index (Phi) is 7.91. The Morgan fingerprint density at radius 3 is 2.38 bits per heavy atom. The lowest BCUT2D eigenvalue weighted by Gasteiger charge is -2.12. The fourth-order valence-electron chi connectivity index (χ4n) is 3.21. The van der Waals surface area contributed by atoms with Crippen LogP contribution in [0.15, 0.2) is 84.0 Å². The number of halogens is 3. The van der Waals surface area contributed by atoms with Gasteiger partial charge in [0.2, 0.25) is 0 Å². The van der Waals surface area contributed by atoms with Crippen molar-refractivity contribution in [2.45, 2.75) is 6.61 Å². The zero-order valence-electron chi connectivity index (χ0n) is 17.8. The molecule has 172 valence electrons. The highest BCUT2D eigenvalue weighted by molar-refractivity contribution is 6.35. The summed E-state index contributed by atoms with van der Waals surface area (Å²) in [5, 5.41) is 7.55. The summed E-state index contributed by atoms with van der Waals surface area (Å²) < 4.78 is 11.5. The van der Waals surface area contributed by atoms with Crippen molar-refractivity contribution in [3.63, 3.8) is 0 Å². The molecule has 0 saturated heterocycles. The van der Waals surface area contributed by atoms with Crippen molar-refractivity contribution in [3.8, 4) is 11.5 Å². The SMILES string of the molecule is O=C(COc1ccc(Cl)cc1Cl)N/N=C\c1c(OCc2ccc(Cl)cc2)ccc2ccccc12. The number of carbonyl (C=O) groups is 1. The van der Waals surface area contributed by atoms with Crippen LogP contribution < -0.4 is 14.9 Å². The summed E-state index contributed by atoms with van der Waals surface area (Å²) in [6.07, 6.45) is 1.56. The predicted octanol–water partition coefficient (Wildman–Crippen LogP) is 6.91. The second kappa shape index (κ2) is 11.3. The van der Waals surface area contributed by atoms with Gasteiger partial charge in [0.05, 0.1) is 11.2 Å². The van der Waals surface area contributed by atoms with Gasteiger partial charge in [0.25, 0.3) is 5.91 Å². The minimum Gasteiger partial charge on any atom is -0.488 e. The molecule has 0 unspecified atom stereocenters. The van der Waals surface area contributed by atoms with Crippen LogP contribution in [-0.2, 0) is 11.4 Å². The van der Waals surface area contributed by atoms with E-state index < -0.39 is 5.91 Å². The number of benzene rings is 4. The van der Waals surface area contributed by atoms with Crippen LogP contribution in [-0.4, -0.2) is 18.7 Å². The third kappa shape index (κ3) is 6.20. The van der Waals surface area contributed by atoms with E-state index in [0.717, 1.165) is 21.9 Å². The summed E-state index contributed by atoms with van der Waals surface area (Å²) in [5.41, 5.74) is 4.19. The molecule has 34 heavy (non-hydrogen) atoms. The Labute approximate surface area is 211 Å². The highest BCUT2D eigenvalue weighted by Gasteiger charge is 2.09. The van der Waals surface area contributed by atoms with E-state index in [1.807, 2.05) is 60.7 Å². The number of amides is 1. The van der Waals surface area contributed by atoms with Gasteiger partial charge in [-0.05, 0) is 52.7 Å². The number of hydrogen-bond donors (Lipinski definition) is 1. The maximum atomic E-state index is 12.2. The van der Waals surface area contributed by atoms with E-state index >= 15 is 0 Å². The lowest BCUT2D eigenvalue weighted by molar-refractivity contribution is -0.123. The number of rotatable bonds is 8. The normalized spacial score (nSPS) is 11.0. The molecule has 0 fully saturated rings. The van der Waals surface area contributed by atoms with Gasteiger partial charge in [-0.15, -0.1) is 0 Å². The Balaban J connectivity index is 1.46. The zero-order valence-corrected chi connectivity index (χ0v) is 20.1. The van der Waals surface area contributed by atoms with Gasteiger partial charge < -0.3 is 9.47 Å². The number of nitrogens with zero attached hydrogens (tertiary/aromatic N) is 1. The van der Waals surface area contributed by atoms with Gasteiger partial charge in [0.15, 0.2) is 6.61 Å². The van der Waals surface area contributed by atoms with Crippen molar-refractivity contribution in [2.75, 3.05) is 6.61 Å². The van der Waals surface area contributed by atoms with Crippen LogP contribution in [0, 0.1) is 0 Å². The maximum Gasteiger partial charge on any atom is 0.277 e. The molecule has 0 saturated carbocycles. The highest BCUT2D eigenvalue weighted by Crippen LogP contribution is 2.28. The summed E-state index contributed by atoms with van der Waals surface area (Å²) in [5.74, 6) is 0.555. The molecule has 4 rings (SSSR count). The number of fused-ring (bicyclic) bond motifs is 1. The van der Waals surface area contributed by atoms with Gasteiger partial charge >= 0.3 is 0 Å². The molecule has 0 radical (unpaired) electrons. The molecule has 4 aromatic carbocycles. The average molecular weight is 514 g/mol. The predicted molar refractivity (Wildman–Crippen MR) is 137 cm³/mol. The number of carbonyl (C=O) groups excluding carboxylic acids is 1. The number of hydrogen-bond acceptors (Lipinski definition) is 4. The number of hydrazone groups is 1. The van der Waals surface area contributed by atoms with Crippen molar-refractivity contribution < 1.29 is 14.3 Å². The molecular weight excluding hydrogens is 495 g/mol. The molecule has 0 heterocycles. The molecule has 0 aliphatic carbocycles. The van der Waals surface area contributed by atoms with Gasteiger partial charge in [-0.2, -0.15) is 5.10 Å². The van der Waals surface area contributed by atoms with Gasteiger partial charge in [0, 0.05) is 15.6 Å². The monoisotopic (exact) mass is 512 g/mol. The zero-order chi connectivity index (χ0) is 23.9. The van der Waals surface area contributed by atoms with Crippen molar-refractivity contribution in [3.05, 3.63) is 105 Å². The van der Waals surface area contributed by atoms with E-state index in [9.17, 15) is 4.79 Å². The Hall–Kier alpha value is -3.25. The van der Waals surface area contributed by atoms with E-state index in [1.54, 1.807) is 24.4 Å². The first kappa shape index (κ1) is 23.9. The van der Waals surface area contributed by atoms with Crippen molar-refractivity contribution >= 4 is 57.7 Å². The summed E-state index contributed by atoms with van der Waals surface area (Å²) >= 11 is 17.9. The quantitative estimate of drug-likeness (QED) is 0.206. The lowest BCUT2D eigenvalue weighted by Crippen LogP contribution is -2.24. The molecule has 8 heteroatoms. The molecule has 4 aromatic rings. The second-order valence-electron chi connectivity index (χ2n) is 7.27. The first-order valence-electron chi connectivity index (χ1n) is 10.3. The minimum absolute atomic E-state index is 0.256. The standard InChI is InChI=1S/C26H19Cl3N2O3/c27-19-8-5-17(6-9-19)15-33-24-11-7-18-3-1-2-4-21(18)22(24)14-30-31-26(32)16-34-25-12-10-20(28)13-23(25)29/h1-14H,15-16H2,(H,31,32)/b30-14-. The first-order valence-corrected chi connectivity index (χ1v) is 11.4. The van der Waals surface area contributed by atoms with E-state index in [0.29, 0.717) is 33.2 Å². The first-order chi connectivity index (χ1) is 16.5. The van der Waals surface area contributed by atoms with E-state index in [1.165, 1.54) is 0 Å². The number of nitrogens with one attached hydrogen (secondary N) is 1. The van der Waals surface area contributed by atoms with E-state index in [2.05, 4.69) is 10.5 Å². The molecule has 0 spiro atoms. The minimum atomic E-state index is -0.439. The average Bonchev–Trinajstić information content (AvgIpc) is 2.83. The van der Waals surface area contributed by atoms with Crippen LogP contribution in [0.5, 0.6) is 11.5 Å². The largest absolute Gasteiger partial charge is 0.488 e. The summed E-state index contributed by atoms with van der Waals surface area (Å²) in [4.78, 5) is 12.2. The third-order valence-corrected chi connectivity index (χ3v) is 5.66. The van der Waals surface area contributed by atoms with Crippen molar-refractivity contribution in [1.29, 1.82) is 0 Å². The molecule has 1 N–H and O–H groups in total. The Morgan fingerprint density at radius 1 is 0.853 bits per heavy atom. The third-order valence-electron chi connectivity index (χ3n) is 4.87. The molecule has 5 nitrogen and oxygen atoms in total. The van der Waals surface area contributed by atoms with E-state index in [-0.39, 0.29) is 6.61 Å². The molecule has 0 atom stereocenters. The van der Waals surface area contributed by atoms with Crippen molar-refractivity contribution in [1.82, 2.24) is 5.43 Å². The van der Waals surface area contributed by atoms with Gasteiger partial charge in [-0.3, -0.25) is 4.79 Å². The fourth-order valence-corrected chi connectivity index (χ4v) is 3.80. The topological polar surface area (TPSA) is 59.9 Å². The van der Waals surface area contributed by atoms with Crippen LogP contribution in [0.4, 0.5) is 0 Å². The molecule has 0 aromatic heterocycles. The van der Waals surface area contributed by atoms with Crippen LogP contribution in [0.2, 0.25) is 15.1 Å². The van der Waals surface area contributed by atoms with Crippen molar-refractivity contribution in [2.24, 2.45) is 5.10 Å². The Morgan fingerprint density at radius 2 is 1.59 bits per heavy atom. The smallest absolute Gasteiger partial charge is 0.277 e. The molecule has 0 bridgehead atoms. The van der Waals surface area contributed by atoms with Gasteiger partial charge in [-0.25, -0.2) is 5.43 Å². The van der Waals surface area contributed by atoms with Gasteiger partial charge in [0.1, 0.15) is 18.1 Å². The summed E-state index contributed by atoms with van der Waals surface area (Å²) in [6.45, 7) is 0.104. The van der Waals surface area contributed by atoms with Crippen LogP contribution in [0.25, 0.3) is 10.8 Å². The highest BCUT2D eigenvalue weighted by atomic mass is 35.5. The summed E-state index contributed by atoms with van der Waals surface area (Å²) in [6, 6.07) is 23.9. The second-order valence-corrected chi connectivity index (χ2v) is 8.55. The molecule has 0 aliphatic rings. The van der Waals surface area contributed by atoms with Gasteiger partial charge in [-0.1, -0.05) is 77.3 Å². The maximum absolute atomic E-state index is 12.2. The van der Waals surface area contributed by atoms with E-state index in [4.69, 9.17) is 44.3 Å².